The van der Waals surface area contributed by atoms with E-state index < -0.39 is 0 Å². The summed E-state index contributed by atoms with van der Waals surface area (Å²) in [6.45, 7) is 5.97. The second-order valence-corrected chi connectivity index (χ2v) is 5.77. The Kier molecular flexibility index (Phi) is 5.20. The summed E-state index contributed by atoms with van der Waals surface area (Å²) in [6.07, 6.45) is 0.868. The number of aryl methyl sites for hydroxylation is 1. The Morgan fingerprint density at radius 2 is 2.11 bits per heavy atom. The monoisotopic (exact) mass is 313 g/mol. The third-order valence-electron chi connectivity index (χ3n) is 2.77. The van der Waals surface area contributed by atoms with Gasteiger partial charge in [0.25, 0.3) is 5.91 Å². The van der Waals surface area contributed by atoms with E-state index in [1.54, 1.807) is 7.11 Å². The predicted octanol–water partition coefficient (Wildman–Crippen LogP) is 3.30. The number of rotatable bonds is 5. The van der Waals surface area contributed by atoms with Crippen molar-refractivity contribution in [3.63, 3.8) is 0 Å². The Labute approximate surface area is 117 Å². The van der Waals surface area contributed by atoms with Crippen molar-refractivity contribution in [1.82, 2.24) is 5.32 Å². The maximum atomic E-state index is 12.3. The van der Waals surface area contributed by atoms with Gasteiger partial charge >= 0.3 is 0 Å². The first-order chi connectivity index (χ1) is 8.39. The van der Waals surface area contributed by atoms with E-state index >= 15 is 0 Å². The Balaban J connectivity index is 2.93. The Bertz CT molecular complexity index is 430. The number of carbonyl (C=O) groups is 1. The van der Waals surface area contributed by atoms with Crippen LogP contribution in [-0.2, 0) is 0 Å². The Hall–Kier alpha value is -1.03. The topological polar surface area (TPSA) is 38.3 Å². The van der Waals surface area contributed by atoms with Gasteiger partial charge in [-0.3, -0.25) is 4.79 Å². The zero-order valence-corrected chi connectivity index (χ0v) is 12.9. The molecule has 4 heteroatoms. The summed E-state index contributed by atoms with van der Waals surface area (Å²) < 4.78 is 5.23. The van der Waals surface area contributed by atoms with E-state index in [2.05, 4.69) is 21.2 Å². The van der Waals surface area contributed by atoms with Gasteiger partial charge in [0.15, 0.2) is 0 Å². The van der Waals surface area contributed by atoms with Crippen LogP contribution in [0.25, 0.3) is 0 Å². The molecule has 0 aromatic heterocycles. The van der Waals surface area contributed by atoms with Crippen molar-refractivity contribution in [2.75, 3.05) is 12.4 Å². The van der Waals surface area contributed by atoms with Crippen molar-refractivity contribution in [2.45, 2.75) is 32.7 Å². The number of halogens is 1. The van der Waals surface area contributed by atoms with Gasteiger partial charge in [0.1, 0.15) is 5.75 Å². The molecule has 0 aliphatic rings. The number of benzene rings is 1. The molecule has 0 atom stereocenters. The fourth-order valence-electron chi connectivity index (χ4n) is 1.67. The molecule has 0 aliphatic carbocycles. The molecule has 0 bridgehead atoms. The van der Waals surface area contributed by atoms with Gasteiger partial charge in [-0.05, 0) is 39.3 Å². The second-order valence-electron chi connectivity index (χ2n) is 4.98. The van der Waals surface area contributed by atoms with Crippen LogP contribution < -0.4 is 10.1 Å². The van der Waals surface area contributed by atoms with Crippen molar-refractivity contribution in [3.8, 4) is 5.75 Å². The molecule has 0 radical (unpaired) electrons. The van der Waals surface area contributed by atoms with Crippen molar-refractivity contribution in [3.05, 3.63) is 29.3 Å². The van der Waals surface area contributed by atoms with Gasteiger partial charge in [-0.15, -0.1) is 0 Å². The number of alkyl halides is 1. The molecule has 1 amide bonds. The van der Waals surface area contributed by atoms with E-state index in [0.29, 0.717) is 11.3 Å². The number of amides is 1. The maximum Gasteiger partial charge on any atom is 0.255 e. The third-order valence-corrected chi connectivity index (χ3v) is 3.17. The molecule has 0 heterocycles. The predicted molar refractivity (Wildman–Crippen MR) is 77.7 cm³/mol. The minimum Gasteiger partial charge on any atom is -0.496 e. The van der Waals surface area contributed by atoms with Crippen LogP contribution in [0.1, 0.15) is 36.2 Å². The molecule has 0 unspecified atom stereocenters. The number of hydrogen-bond acceptors (Lipinski definition) is 2. The lowest BCUT2D eigenvalue weighted by Crippen LogP contribution is -2.43. The highest BCUT2D eigenvalue weighted by Gasteiger charge is 2.22. The molecule has 1 rings (SSSR count). The quantitative estimate of drug-likeness (QED) is 0.847. The number of methoxy groups -OCH3 is 1. The van der Waals surface area contributed by atoms with Crippen molar-refractivity contribution in [1.29, 1.82) is 0 Å². The Morgan fingerprint density at radius 1 is 1.44 bits per heavy atom. The lowest BCUT2D eigenvalue weighted by Gasteiger charge is -2.26. The maximum absolute atomic E-state index is 12.3. The fourth-order valence-corrected chi connectivity index (χ4v) is 2.66. The van der Waals surface area contributed by atoms with Crippen LogP contribution in [-0.4, -0.2) is 23.9 Å². The van der Waals surface area contributed by atoms with Crippen LogP contribution in [0.4, 0.5) is 0 Å². The lowest BCUT2D eigenvalue weighted by molar-refractivity contribution is 0.0908. The molecule has 1 N–H and O–H groups in total. The molecule has 0 spiro atoms. The first-order valence-electron chi connectivity index (χ1n) is 5.93. The number of hydrogen-bond donors (Lipinski definition) is 1. The summed E-state index contributed by atoms with van der Waals surface area (Å²) in [7, 11) is 1.57. The molecule has 100 valence electrons. The number of nitrogens with one attached hydrogen (secondary N) is 1. The van der Waals surface area contributed by atoms with E-state index in [9.17, 15) is 4.79 Å². The molecule has 1 aromatic rings. The van der Waals surface area contributed by atoms with Gasteiger partial charge in [0, 0.05) is 10.9 Å². The van der Waals surface area contributed by atoms with Crippen LogP contribution in [0.2, 0.25) is 0 Å². The summed E-state index contributed by atoms with van der Waals surface area (Å²) in [5.41, 5.74) is 1.38. The van der Waals surface area contributed by atoms with Crippen molar-refractivity contribution >= 4 is 21.8 Å². The average Bonchev–Trinajstić information content (AvgIpc) is 2.28. The molecule has 18 heavy (non-hydrogen) atoms. The highest BCUT2D eigenvalue weighted by molar-refractivity contribution is 9.09. The van der Waals surface area contributed by atoms with E-state index in [4.69, 9.17) is 4.74 Å². The van der Waals surface area contributed by atoms with Crippen molar-refractivity contribution in [2.24, 2.45) is 0 Å². The minimum absolute atomic E-state index is 0.0958. The molecule has 3 nitrogen and oxygen atoms in total. The minimum atomic E-state index is -0.241. The van der Waals surface area contributed by atoms with Crippen LogP contribution in [0.3, 0.4) is 0 Å². The van der Waals surface area contributed by atoms with Crippen LogP contribution >= 0.6 is 15.9 Å². The van der Waals surface area contributed by atoms with Gasteiger partial charge in [-0.2, -0.15) is 0 Å². The van der Waals surface area contributed by atoms with E-state index in [0.717, 1.165) is 17.3 Å². The van der Waals surface area contributed by atoms with Crippen LogP contribution in [0.15, 0.2) is 18.2 Å². The zero-order valence-electron chi connectivity index (χ0n) is 11.3. The highest BCUT2D eigenvalue weighted by atomic mass is 79.9. The van der Waals surface area contributed by atoms with Gasteiger partial charge in [0.05, 0.1) is 12.7 Å². The molecule has 0 saturated carbocycles. The van der Waals surface area contributed by atoms with E-state index in [1.165, 1.54) is 0 Å². The summed E-state index contributed by atoms with van der Waals surface area (Å²) in [5, 5.41) is 3.88. The molecule has 0 fully saturated rings. The third kappa shape index (κ3) is 4.02. The fraction of sp³-hybridized carbons (Fsp3) is 0.500. The number of carbonyl (C=O) groups excluding carboxylic acids is 1. The normalized spacial score (nSPS) is 11.2. The molecule has 1 aromatic carbocycles. The lowest BCUT2D eigenvalue weighted by atomic mass is 10.0. The summed E-state index contributed by atoms with van der Waals surface area (Å²) in [4.78, 5) is 12.3. The largest absolute Gasteiger partial charge is 0.496 e. The van der Waals surface area contributed by atoms with Gasteiger partial charge in [0.2, 0.25) is 0 Å². The van der Waals surface area contributed by atoms with E-state index in [1.807, 2.05) is 39.0 Å². The first-order valence-corrected chi connectivity index (χ1v) is 7.05. The molecule has 0 saturated heterocycles. The average molecular weight is 314 g/mol. The molecular formula is C14H20BrNO2. The SMILES string of the molecule is COc1ccc(C)cc1C(=O)NC(C)(C)CCBr. The standard InChI is InChI=1S/C14H20BrNO2/c1-10-5-6-12(18-4)11(9-10)13(17)16-14(2,3)7-8-15/h5-6,9H,7-8H2,1-4H3,(H,16,17). The zero-order chi connectivity index (χ0) is 13.8. The smallest absolute Gasteiger partial charge is 0.255 e. The van der Waals surface area contributed by atoms with Crippen LogP contribution in [0, 0.1) is 6.92 Å². The van der Waals surface area contributed by atoms with Crippen molar-refractivity contribution < 1.29 is 9.53 Å². The van der Waals surface area contributed by atoms with E-state index in [-0.39, 0.29) is 11.4 Å². The van der Waals surface area contributed by atoms with Gasteiger partial charge < -0.3 is 10.1 Å². The van der Waals surface area contributed by atoms with Crippen LogP contribution in [0.5, 0.6) is 5.75 Å². The Morgan fingerprint density at radius 3 is 2.67 bits per heavy atom. The highest BCUT2D eigenvalue weighted by Crippen LogP contribution is 2.21. The summed E-state index contributed by atoms with van der Waals surface area (Å²) >= 11 is 3.40. The summed E-state index contributed by atoms with van der Waals surface area (Å²) in [5.74, 6) is 0.509. The molecule has 0 aliphatic heterocycles. The number of ether oxygens (including phenoxy) is 1. The first kappa shape index (κ1) is 15.0. The van der Waals surface area contributed by atoms with Gasteiger partial charge in [-0.1, -0.05) is 27.6 Å². The van der Waals surface area contributed by atoms with Gasteiger partial charge in [-0.25, -0.2) is 0 Å². The summed E-state index contributed by atoms with van der Waals surface area (Å²) in [6, 6.07) is 5.60. The molecular weight excluding hydrogens is 294 g/mol. The second kappa shape index (κ2) is 6.23.